The molecule has 0 aliphatic rings. The molecule has 0 saturated heterocycles. The van der Waals surface area contributed by atoms with E-state index in [4.69, 9.17) is 9.68 Å². The van der Waals surface area contributed by atoms with Crippen LogP contribution >= 0.6 is 0 Å². The van der Waals surface area contributed by atoms with Crippen LogP contribution in [0, 0.1) is 11.3 Å². The molecule has 5 heteroatoms. The highest BCUT2D eigenvalue weighted by molar-refractivity contribution is 6.05. The maximum atomic E-state index is 8.97. The van der Waals surface area contributed by atoms with Crippen LogP contribution in [0.4, 0.5) is 11.5 Å². The van der Waals surface area contributed by atoms with Crippen molar-refractivity contribution in [3.63, 3.8) is 0 Å². The van der Waals surface area contributed by atoms with Crippen LogP contribution < -0.4 is 5.32 Å². The van der Waals surface area contributed by atoms with Gasteiger partial charge in [0.1, 0.15) is 17.4 Å². The summed E-state index contributed by atoms with van der Waals surface area (Å²) in [5.41, 5.74) is 3.50. The first-order valence-corrected chi connectivity index (χ1v) is 6.74. The lowest BCUT2D eigenvalue weighted by Gasteiger charge is -2.05. The summed E-state index contributed by atoms with van der Waals surface area (Å²) in [5, 5.41) is 13.1. The average molecular weight is 286 g/mol. The van der Waals surface area contributed by atoms with Crippen LogP contribution in [-0.2, 0) is 0 Å². The Morgan fingerprint density at radius 3 is 2.86 bits per heavy atom. The Morgan fingerprint density at radius 1 is 1.05 bits per heavy atom. The average Bonchev–Trinajstić information content (AvgIpc) is 2.95. The highest BCUT2D eigenvalue weighted by Crippen LogP contribution is 2.31. The molecule has 0 amide bonds. The lowest BCUT2D eigenvalue weighted by molar-refractivity contribution is 0.667. The molecule has 0 aliphatic carbocycles. The number of hydrogen-bond acceptors (Lipinski definition) is 5. The molecule has 0 spiro atoms. The van der Waals surface area contributed by atoms with E-state index >= 15 is 0 Å². The fourth-order valence-corrected chi connectivity index (χ4v) is 2.42. The molecular weight excluding hydrogens is 276 g/mol. The largest absolute Gasteiger partial charge is 0.450 e. The van der Waals surface area contributed by atoms with Gasteiger partial charge in [-0.1, -0.05) is 18.2 Å². The Labute approximate surface area is 125 Å². The molecule has 0 radical (unpaired) electrons. The van der Waals surface area contributed by atoms with Gasteiger partial charge in [-0.05, 0) is 30.3 Å². The Balaban J connectivity index is 1.86. The highest BCUT2D eigenvalue weighted by Gasteiger charge is 2.12. The molecule has 2 aromatic carbocycles. The van der Waals surface area contributed by atoms with E-state index in [1.54, 1.807) is 12.1 Å². The molecule has 4 rings (SSSR count). The summed E-state index contributed by atoms with van der Waals surface area (Å²) in [7, 11) is 0. The van der Waals surface area contributed by atoms with Crippen molar-refractivity contribution in [1.82, 2.24) is 9.97 Å². The minimum atomic E-state index is 0.580. The molecule has 0 aliphatic heterocycles. The van der Waals surface area contributed by atoms with E-state index in [1.807, 2.05) is 36.4 Å². The van der Waals surface area contributed by atoms with Crippen molar-refractivity contribution in [3.05, 3.63) is 60.4 Å². The quantitative estimate of drug-likeness (QED) is 0.603. The molecule has 5 nitrogen and oxygen atoms in total. The third-order valence-corrected chi connectivity index (χ3v) is 3.41. The minimum Gasteiger partial charge on any atom is -0.450 e. The smallest absolute Gasteiger partial charge is 0.196 e. The van der Waals surface area contributed by atoms with Gasteiger partial charge in [-0.25, -0.2) is 9.97 Å². The second-order valence-corrected chi connectivity index (χ2v) is 4.82. The van der Waals surface area contributed by atoms with Gasteiger partial charge >= 0.3 is 0 Å². The van der Waals surface area contributed by atoms with E-state index in [9.17, 15) is 0 Å². The number of anilines is 2. The summed E-state index contributed by atoms with van der Waals surface area (Å²) in [4.78, 5) is 8.56. The number of benzene rings is 2. The topological polar surface area (TPSA) is 74.7 Å². The van der Waals surface area contributed by atoms with Crippen molar-refractivity contribution in [2.24, 2.45) is 0 Å². The van der Waals surface area contributed by atoms with Crippen LogP contribution in [0.15, 0.2) is 59.3 Å². The number of nitriles is 1. The second kappa shape index (κ2) is 4.86. The van der Waals surface area contributed by atoms with E-state index in [0.29, 0.717) is 17.0 Å². The number of nitrogens with one attached hydrogen (secondary N) is 1. The van der Waals surface area contributed by atoms with Gasteiger partial charge < -0.3 is 9.73 Å². The number of fused-ring (bicyclic) bond motifs is 3. The normalized spacial score (nSPS) is 10.7. The van der Waals surface area contributed by atoms with Crippen LogP contribution in [0.3, 0.4) is 0 Å². The summed E-state index contributed by atoms with van der Waals surface area (Å²) >= 11 is 0. The van der Waals surface area contributed by atoms with Crippen molar-refractivity contribution >= 4 is 33.6 Å². The van der Waals surface area contributed by atoms with Gasteiger partial charge in [-0.15, -0.1) is 0 Å². The van der Waals surface area contributed by atoms with Gasteiger partial charge in [0.05, 0.1) is 11.6 Å². The second-order valence-electron chi connectivity index (χ2n) is 4.82. The number of para-hydroxylation sites is 1. The Bertz CT molecular complexity index is 1030. The number of hydrogen-bond donors (Lipinski definition) is 1. The molecule has 2 heterocycles. The molecule has 0 bridgehead atoms. The van der Waals surface area contributed by atoms with Crippen molar-refractivity contribution in [1.29, 1.82) is 5.26 Å². The number of rotatable bonds is 2. The molecule has 22 heavy (non-hydrogen) atoms. The Morgan fingerprint density at radius 2 is 1.95 bits per heavy atom. The van der Waals surface area contributed by atoms with Gasteiger partial charge in [-0.2, -0.15) is 5.26 Å². The van der Waals surface area contributed by atoms with E-state index < -0.39 is 0 Å². The van der Waals surface area contributed by atoms with Crippen molar-refractivity contribution < 1.29 is 4.42 Å². The fraction of sp³-hybridized carbons (Fsp3) is 0. The fourth-order valence-electron chi connectivity index (χ4n) is 2.42. The summed E-state index contributed by atoms with van der Waals surface area (Å²) in [5.74, 6) is 0.580. The standard InChI is InChI=1S/C17H10N4O/c18-9-11-4-3-5-12(8-11)21-17-16-15(19-10-20-17)13-6-1-2-7-14(13)22-16/h1-8,10H,(H,19,20,21). The third-order valence-electron chi connectivity index (χ3n) is 3.41. The number of furan rings is 1. The maximum absolute atomic E-state index is 8.97. The van der Waals surface area contributed by atoms with E-state index in [2.05, 4.69) is 21.4 Å². The lowest BCUT2D eigenvalue weighted by atomic mass is 10.2. The first-order valence-electron chi connectivity index (χ1n) is 6.74. The maximum Gasteiger partial charge on any atom is 0.196 e. The summed E-state index contributed by atoms with van der Waals surface area (Å²) in [6.07, 6.45) is 1.50. The van der Waals surface area contributed by atoms with Crippen LogP contribution in [0.25, 0.3) is 22.1 Å². The lowest BCUT2D eigenvalue weighted by Crippen LogP contribution is -1.95. The Hall–Kier alpha value is -3.39. The number of aromatic nitrogens is 2. The van der Waals surface area contributed by atoms with Crippen molar-refractivity contribution in [3.8, 4) is 6.07 Å². The molecule has 0 atom stereocenters. The van der Waals surface area contributed by atoms with Gasteiger partial charge in [0.25, 0.3) is 0 Å². The van der Waals surface area contributed by atoms with Gasteiger partial charge in [0, 0.05) is 11.1 Å². The zero-order valence-electron chi connectivity index (χ0n) is 11.4. The van der Waals surface area contributed by atoms with Crippen LogP contribution in [-0.4, -0.2) is 9.97 Å². The molecule has 1 N–H and O–H groups in total. The van der Waals surface area contributed by atoms with Crippen molar-refractivity contribution in [2.75, 3.05) is 5.32 Å². The first-order chi connectivity index (χ1) is 10.8. The molecule has 0 fully saturated rings. The zero-order valence-corrected chi connectivity index (χ0v) is 11.4. The van der Waals surface area contributed by atoms with Gasteiger partial charge in [0.15, 0.2) is 11.4 Å². The predicted octanol–water partition coefficient (Wildman–Crippen LogP) is 3.99. The summed E-state index contributed by atoms with van der Waals surface area (Å²) in [6, 6.07) is 17.0. The van der Waals surface area contributed by atoms with E-state index in [0.717, 1.165) is 22.2 Å². The predicted molar refractivity (Wildman–Crippen MR) is 83.7 cm³/mol. The molecular formula is C17H10N4O. The Kier molecular flexibility index (Phi) is 2.73. The van der Waals surface area contributed by atoms with Crippen LogP contribution in [0.5, 0.6) is 0 Å². The SMILES string of the molecule is N#Cc1cccc(Nc2ncnc3c2oc2ccccc23)c1. The van der Waals surface area contributed by atoms with Gasteiger partial charge in [-0.3, -0.25) is 0 Å². The molecule has 0 unspecified atom stereocenters. The van der Waals surface area contributed by atoms with E-state index in [1.165, 1.54) is 6.33 Å². The minimum absolute atomic E-state index is 0.580. The summed E-state index contributed by atoms with van der Waals surface area (Å²) < 4.78 is 5.86. The van der Waals surface area contributed by atoms with Crippen LogP contribution in [0.1, 0.15) is 5.56 Å². The van der Waals surface area contributed by atoms with E-state index in [-0.39, 0.29) is 0 Å². The van der Waals surface area contributed by atoms with Crippen LogP contribution in [0.2, 0.25) is 0 Å². The molecule has 104 valence electrons. The summed E-state index contributed by atoms with van der Waals surface area (Å²) in [6.45, 7) is 0. The monoisotopic (exact) mass is 286 g/mol. The van der Waals surface area contributed by atoms with Gasteiger partial charge in [0.2, 0.25) is 0 Å². The van der Waals surface area contributed by atoms with Crippen molar-refractivity contribution in [2.45, 2.75) is 0 Å². The first kappa shape index (κ1) is 12.4. The molecule has 0 saturated carbocycles. The highest BCUT2D eigenvalue weighted by atomic mass is 16.3. The third kappa shape index (κ3) is 1.95. The number of nitrogens with zero attached hydrogens (tertiary/aromatic N) is 3. The molecule has 4 aromatic rings. The molecule has 2 aromatic heterocycles. The zero-order chi connectivity index (χ0) is 14.9.